The first-order valence-electron chi connectivity index (χ1n) is 9.61. The van der Waals surface area contributed by atoms with E-state index in [9.17, 15) is 17.6 Å². The van der Waals surface area contributed by atoms with Crippen molar-refractivity contribution in [1.29, 1.82) is 0 Å². The van der Waals surface area contributed by atoms with Crippen LogP contribution in [0.5, 0.6) is 5.75 Å². The van der Waals surface area contributed by atoms with Crippen molar-refractivity contribution in [2.24, 2.45) is 5.14 Å². The summed E-state index contributed by atoms with van der Waals surface area (Å²) in [6, 6.07) is 7.30. The van der Waals surface area contributed by atoms with Gasteiger partial charge in [-0.25, -0.2) is 27.9 Å². The van der Waals surface area contributed by atoms with Gasteiger partial charge in [0.25, 0.3) is 5.91 Å². The molecule has 0 radical (unpaired) electrons. The highest BCUT2D eigenvalue weighted by molar-refractivity contribution is 7.89. The van der Waals surface area contributed by atoms with Crippen LogP contribution in [0.2, 0.25) is 0 Å². The third kappa shape index (κ3) is 4.54. The van der Waals surface area contributed by atoms with Crippen LogP contribution in [0.1, 0.15) is 13.8 Å². The molecule has 4 N–H and O–H groups in total. The van der Waals surface area contributed by atoms with Crippen LogP contribution in [0.25, 0.3) is 0 Å². The first kappa shape index (κ1) is 22.4. The first-order valence-corrected chi connectivity index (χ1v) is 11.2. The van der Waals surface area contributed by atoms with E-state index < -0.39 is 21.4 Å². The number of aromatic nitrogens is 3. The number of hydrogen-bond donors (Lipinski definition) is 3. The molecule has 0 fully saturated rings. The van der Waals surface area contributed by atoms with Crippen molar-refractivity contribution >= 4 is 44.9 Å². The van der Waals surface area contributed by atoms with Crippen LogP contribution in [0, 0.1) is 5.82 Å². The lowest BCUT2D eigenvalue weighted by molar-refractivity contribution is -0.132. The fraction of sp³-hybridized carbons (Fsp3) is 0.200. The second kappa shape index (κ2) is 7.94. The Bertz CT molecular complexity index is 1360. The fourth-order valence-electron chi connectivity index (χ4n) is 3.18. The van der Waals surface area contributed by atoms with Gasteiger partial charge >= 0.3 is 0 Å². The second-order valence-corrected chi connectivity index (χ2v) is 9.30. The summed E-state index contributed by atoms with van der Waals surface area (Å²) >= 11 is 0. The van der Waals surface area contributed by atoms with E-state index >= 15 is 0 Å². The lowest BCUT2D eigenvalue weighted by atomic mass is 10.1. The zero-order chi connectivity index (χ0) is 24.0. The molecule has 1 aliphatic rings. The molecule has 0 atom stereocenters. The highest BCUT2D eigenvalue weighted by atomic mass is 32.2. The van der Waals surface area contributed by atoms with Crippen molar-refractivity contribution in [1.82, 2.24) is 15.0 Å². The summed E-state index contributed by atoms with van der Waals surface area (Å²) in [5, 5.41) is 10.8. The van der Waals surface area contributed by atoms with Crippen LogP contribution in [0.4, 0.5) is 33.3 Å². The Morgan fingerprint density at radius 3 is 2.61 bits per heavy atom. The minimum absolute atomic E-state index is 0.0131. The predicted molar refractivity (Wildman–Crippen MR) is 119 cm³/mol. The molecule has 2 aromatic heterocycles. The molecule has 33 heavy (non-hydrogen) atoms. The zero-order valence-corrected chi connectivity index (χ0v) is 18.6. The van der Waals surface area contributed by atoms with Gasteiger partial charge in [-0.15, -0.1) is 0 Å². The lowest BCUT2D eigenvalue weighted by Crippen LogP contribution is -2.51. The number of benzene rings is 1. The largest absolute Gasteiger partial charge is 0.474 e. The number of rotatable bonds is 5. The van der Waals surface area contributed by atoms with Gasteiger partial charge in [0.15, 0.2) is 28.8 Å². The second-order valence-electron chi connectivity index (χ2n) is 7.74. The highest BCUT2D eigenvalue weighted by Crippen LogP contribution is 2.37. The van der Waals surface area contributed by atoms with E-state index in [1.54, 1.807) is 33.0 Å². The standard InChI is InChI=1S/C20H20FN7O4S/c1-20(2)18(29)28(3)17-15(32-20)8-12(9-23-17)25-16-14(21)10-24-19(27-16)26-11-5-4-6-13(7-11)33(22,30)31/h4-10H,1-3H3,(H2,22,30,31)(H2,24,25,26,27). The van der Waals surface area contributed by atoms with Gasteiger partial charge in [0.05, 0.1) is 23.0 Å². The molecule has 0 saturated heterocycles. The van der Waals surface area contributed by atoms with Gasteiger partial charge in [0.2, 0.25) is 16.0 Å². The van der Waals surface area contributed by atoms with E-state index in [-0.39, 0.29) is 22.6 Å². The van der Waals surface area contributed by atoms with Gasteiger partial charge in [0.1, 0.15) is 0 Å². The summed E-state index contributed by atoms with van der Waals surface area (Å²) < 4.78 is 43.2. The molecule has 1 amide bonds. The average molecular weight is 473 g/mol. The van der Waals surface area contributed by atoms with E-state index in [0.717, 1.165) is 6.20 Å². The number of hydrogen-bond acceptors (Lipinski definition) is 9. The number of carbonyl (C=O) groups excluding carboxylic acids is 1. The Hall–Kier alpha value is -3.84. The number of ether oxygens (including phenoxy) is 1. The van der Waals surface area contributed by atoms with Crippen LogP contribution >= 0.6 is 0 Å². The quantitative estimate of drug-likeness (QED) is 0.506. The summed E-state index contributed by atoms with van der Waals surface area (Å²) in [4.78, 5) is 25.8. The molecule has 0 aliphatic carbocycles. The number of fused-ring (bicyclic) bond motifs is 1. The molecule has 11 nitrogen and oxygen atoms in total. The number of amides is 1. The van der Waals surface area contributed by atoms with Gasteiger partial charge in [0, 0.05) is 18.8 Å². The number of likely N-dealkylation sites (N-methyl/N-ethyl adjacent to an activating group) is 1. The zero-order valence-electron chi connectivity index (χ0n) is 17.8. The molecule has 0 unspecified atom stereocenters. The van der Waals surface area contributed by atoms with E-state index in [0.29, 0.717) is 22.9 Å². The number of sulfonamides is 1. The van der Waals surface area contributed by atoms with Crippen molar-refractivity contribution in [3.8, 4) is 5.75 Å². The van der Waals surface area contributed by atoms with Gasteiger partial charge < -0.3 is 15.4 Å². The van der Waals surface area contributed by atoms with E-state index in [1.807, 2.05) is 0 Å². The van der Waals surface area contributed by atoms with Crippen LogP contribution in [0.3, 0.4) is 0 Å². The van der Waals surface area contributed by atoms with Crippen molar-refractivity contribution in [3.63, 3.8) is 0 Å². The predicted octanol–water partition coefficient (Wildman–Crippen LogP) is 2.28. The van der Waals surface area contributed by atoms with Gasteiger partial charge in [-0.3, -0.25) is 9.69 Å². The molecule has 0 bridgehead atoms. The number of primary sulfonamides is 1. The van der Waals surface area contributed by atoms with Crippen LogP contribution in [-0.2, 0) is 14.8 Å². The Morgan fingerprint density at radius 2 is 1.88 bits per heavy atom. The maximum atomic E-state index is 14.4. The van der Waals surface area contributed by atoms with Crippen molar-refractivity contribution in [2.75, 3.05) is 22.6 Å². The molecule has 4 rings (SSSR count). The molecule has 1 aromatic carbocycles. The van der Waals surface area contributed by atoms with E-state index in [1.165, 1.54) is 29.3 Å². The molecule has 3 heterocycles. The fourth-order valence-corrected chi connectivity index (χ4v) is 3.74. The maximum absolute atomic E-state index is 14.4. The molecule has 0 spiro atoms. The highest BCUT2D eigenvalue weighted by Gasteiger charge is 2.40. The third-order valence-electron chi connectivity index (χ3n) is 4.76. The molecular weight excluding hydrogens is 453 g/mol. The van der Waals surface area contributed by atoms with Gasteiger partial charge in [-0.2, -0.15) is 4.98 Å². The molecule has 1 aliphatic heterocycles. The van der Waals surface area contributed by atoms with E-state index in [4.69, 9.17) is 9.88 Å². The smallest absolute Gasteiger partial charge is 0.271 e. The minimum atomic E-state index is -3.89. The van der Waals surface area contributed by atoms with Crippen molar-refractivity contribution in [3.05, 3.63) is 48.5 Å². The number of nitrogens with one attached hydrogen (secondary N) is 2. The van der Waals surface area contributed by atoms with E-state index in [2.05, 4.69) is 25.6 Å². The molecule has 13 heteroatoms. The summed E-state index contributed by atoms with van der Waals surface area (Å²) in [6.07, 6.45) is 2.37. The topological polar surface area (TPSA) is 152 Å². The lowest BCUT2D eigenvalue weighted by Gasteiger charge is -2.36. The minimum Gasteiger partial charge on any atom is -0.474 e. The Morgan fingerprint density at radius 1 is 1.12 bits per heavy atom. The SMILES string of the molecule is CN1C(=O)C(C)(C)Oc2cc(Nc3nc(Nc4cccc(S(N)(=O)=O)c4)ncc3F)cnc21. The van der Waals surface area contributed by atoms with Crippen LogP contribution < -0.4 is 25.4 Å². The summed E-state index contributed by atoms with van der Waals surface area (Å²) in [5.74, 6) is -0.433. The molecule has 3 aromatic rings. The number of carbonyl (C=O) groups is 1. The molecule has 0 saturated carbocycles. The summed E-state index contributed by atoms with van der Waals surface area (Å²) in [7, 11) is -2.30. The number of pyridine rings is 1. The van der Waals surface area contributed by atoms with Crippen molar-refractivity contribution in [2.45, 2.75) is 24.3 Å². The van der Waals surface area contributed by atoms with Crippen molar-refractivity contribution < 1.29 is 22.3 Å². The van der Waals surface area contributed by atoms with Crippen LogP contribution in [0.15, 0.2) is 47.6 Å². The Kier molecular flexibility index (Phi) is 5.38. The molecule has 172 valence electrons. The van der Waals surface area contributed by atoms with Gasteiger partial charge in [-0.05, 0) is 32.0 Å². The third-order valence-corrected chi connectivity index (χ3v) is 5.67. The summed E-state index contributed by atoms with van der Waals surface area (Å²) in [6.45, 7) is 3.28. The monoisotopic (exact) mass is 473 g/mol. The number of nitrogens with two attached hydrogens (primary N) is 1. The summed E-state index contributed by atoms with van der Waals surface area (Å²) in [5.41, 5.74) is -0.366. The number of halogens is 1. The maximum Gasteiger partial charge on any atom is 0.271 e. The Balaban J connectivity index is 1.59. The molecular formula is C20H20FN7O4S. The first-order chi connectivity index (χ1) is 15.4. The van der Waals surface area contributed by atoms with Crippen LogP contribution in [-0.4, -0.2) is 41.9 Å². The van der Waals surface area contributed by atoms with Gasteiger partial charge in [-0.1, -0.05) is 6.07 Å². The normalized spacial score (nSPS) is 14.9. The Labute approximate surface area is 188 Å². The number of nitrogens with zero attached hydrogens (tertiary/aromatic N) is 4. The number of anilines is 5. The average Bonchev–Trinajstić information content (AvgIpc) is 2.74.